The number of hydrogen-bond acceptors (Lipinski definition) is 30. The highest BCUT2D eigenvalue weighted by Gasteiger charge is 2.67. The van der Waals surface area contributed by atoms with Crippen LogP contribution in [0.3, 0.4) is 0 Å². The zero-order valence-electron chi connectivity index (χ0n) is 58.6. The van der Waals surface area contributed by atoms with Crippen LogP contribution in [0.15, 0.2) is 0 Å². The second-order valence-electron chi connectivity index (χ2n) is 29.1. The monoisotopic (exact) mass is 1510 g/mol. The molecule has 4 bridgehead atoms. The van der Waals surface area contributed by atoms with E-state index in [1.807, 2.05) is 62.3 Å². The summed E-state index contributed by atoms with van der Waals surface area (Å²) in [5.74, 6) is -3.18. The first-order chi connectivity index (χ1) is 44.3. The summed E-state index contributed by atoms with van der Waals surface area (Å²) in [5, 5.41) is -0.720. The molecule has 0 aromatic heterocycles. The van der Waals surface area contributed by atoms with Gasteiger partial charge < -0.3 is 28.4 Å². The Bertz CT molecular complexity index is 3550. The van der Waals surface area contributed by atoms with E-state index in [2.05, 4.69) is 16.7 Å². The molecule has 562 valence electrons. The molecular weight excluding hydrogens is 1410 g/mol. The van der Waals surface area contributed by atoms with Gasteiger partial charge in [0.25, 0.3) is 60.7 Å². The highest BCUT2D eigenvalue weighted by Crippen LogP contribution is 2.57. The molecule has 6 aliphatic heterocycles. The minimum Gasteiger partial charge on any atom is -0.459 e. The molecule has 97 heavy (non-hydrogen) atoms. The van der Waals surface area contributed by atoms with E-state index in [4.69, 9.17) is 36.8 Å². The topological polar surface area (TPSA) is 418 Å². The van der Waals surface area contributed by atoms with Gasteiger partial charge in [-0.15, -0.1) is 0 Å². The minimum absolute atomic E-state index is 0.0255. The smallest absolute Gasteiger partial charge is 0.312 e. The summed E-state index contributed by atoms with van der Waals surface area (Å²) in [5.41, 5.74) is -3.79. The van der Waals surface area contributed by atoms with Gasteiger partial charge in [0.1, 0.15) is 86.1 Å². The van der Waals surface area contributed by atoms with Gasteiger partial charge in [-0.05, 0) is 120 Å². The molecule has 10 rings (SSSR count). The van der Waals surface area contributed by atoms with Crippen molar-refractivity contribution in [3.8, 4) is 0 Å². The molecule has 0 radical (unpaired) electrons. The summed E-state index contributed by atoms with van der Waals surface area (Å²) in [4.78, 5) is 70.1. The first-order valence-electron chi connectivity index (χ1n) is 32.9. The molecular formula is C61H102O30S6. The lowest BCUT2D eigenvalue weighted by atomic mass is 9.89. The average molecular weight is 1510 g/mol. The molecule has 0 aromatic rings. The first kappa shape index (κ1) is 83.9. The Morgan fingerprint density at radius 1 is 0.433 bits per heavy atom. The van der Waals surface area contributed by atoms with Gasteiger partial charge in [0.15, 0.2) is 11.2 Å². The normalized spacial score (nSPS) is 34.1. The quantitative estimate of drug-likeness (QED) is 0.0950. The van der Waals surface area contributed by atoms with E-state index >= 15 is 0 Å². The lowest BCUT2D eigenvalue weighted by Gasteiger charge is -2.29. The maximum absolute atomic E-state index is 12.1. The Hall–Kier alpha value is -3.72. The van der Waals surface area contributed by atoms with Crippen molar-refractivity contribution in [2.24, 2.45) is 57.7 Å². The Balaban J connectivity index is 0.000000211. The second-order valence-corrected chi connectivity index (χ2v) is 39.3. The molecule has 4 saturated carbocycles. The van der Waals surface area contributed by atoms with Crippen LogP contribution in [0.25, 0.3) is 0 Å². The van der Waals surface area contributed by atoms with Crippen molar-refractivity contribution in [2.75, 3.05) is 49.4 Å². The van der Waals surface area contributed by atoms with E-state index in [1.54, 1.807) is 55.4 Å². The number of esters is 6. The summed E-state index contributed by atoms with van der Waals surface area (Å²) in [7, 11) is -20.8. The van der Waals surface area contributed by atoms with E-state index in [-0.39, 0.29) is 143 Å². The van der Waals surface area contributed by atoms with Gasteiger partial charge in [-0.1, -0.05) is 62.3 Å². The van der Waals surface area contributed by atoms with Crippen molar-refractivity contribution in [3.05, 3.63) is 0 Å². The van der Waals surface area contributed by atoms with Crippen molar-refractivity contribution < 1.29 is 133 Å². The minimum atomic E-state index is -3.53. The Kier molecular flexibility index (Phi) is 27.6. The van der Waals surface area contributed by atoms with Gasteiger partial charge in [-0.3, -0.25) is 53.9 Å². The van der Waals surface area contributed by atoms with Crippen molar-refractivity contribution in [1.82, 2.24) is 0 Å². The van der Waals surface area contributed by atoms with Gasteiger partial charge in [0.2, 0.25) is 0 Å². The maximum atomic E-state index is 12.1. The molecule has 10 aliphatic rings. The van der Waals surface area contributed by atoms with Crippen molar-refractivity contribution in [2.45, 2.75) is 240 Å². The van der Waals surface area contributed by atoms with Gasteiger partial charge in [0.05, 0.1) is 44.5 Å². The zero-order valence-corrected chi connectivity index (χ0v) is 63.5. The van der Waals surface area contributed by atoms with Gasteiger partial charge in [0, 0.05) is 23.7 Å². The molecule has 36 heteroatoms. The predicted molar refractivity (Wildman–Crippen MR) is 346 cm³/mol. The van der Waals surface area contributed by atoms with Crippen molar-refractivity contribution in [1.29, 1.82) is 0 Å². The molecule has 10 fully saturated rings. The van der Waals surface area contributed by atoms with Crippen molar-refractivity contribution >= 4 is 96.5 Å². The number of rotatable bonds is 18. The number of carbonyl (C=O) groups excluding carboxylic acids is 6. The van der Waals surface area contributed by atoms with Crippen LogP contribution in [0, 0.1) is 57.7 Å². The summed E-state index contributed by atoms with van der Waals surface area (Å²) < 4.78 is 195. The maximum Gasteiger partial charge on any atom is 0.312 e. The molecule has 0 amide bonds. The number of ether oxygens (including phenoxy) is 6. The highest BCUT2D eigenvalue weighted by atomic mass is 32.2. The summed E-state index contributed by atoms with van der Waals surface area (Å²) in [6.45, 7) is 30.3. The molecule has 0 spiro atoms. The van der Waals surface area contributed by atoms with Crippen LogP contribution in [-0.2, 0) is 143 Å². The average Bonchev–Trinajstić information content (AvgIpc) is 1.56. The van der Waals surface area contributed by atoms with Crippen LogP contribution in [0.1, 0.15) is 182 Å². The van der Waals surface area contributed by atoms with Crippen LogP contribution >= 0.6 is 0 Å². The van der Waals surface area contributed by atoms with Gasteiger partial charge >= 0.3 is 35.8 Å². The Morgan fingerprint density at radius 2 is 0.773 bits per heavy atom. The standard InChI is InChI=1S/C13H20O5S.C12H18O5S.C10H18O5S.2C9H16O5S.C8H14O5S/c1-4-13(2,3)12(14)17-10-7-5-8-9(6-7)19(15,16)18-11(8)10;1-3-6(2)12(13)16-10-7-4-8-9(5-7)18(14,15)17-11(8)10;1-5-9(2,3)8(11)15-10(4)6-14-16(12,13)7-10;1-4-9(2,3)8(10)14-7-5-13-15(11,12)6-7;1-4-7(2)8(10)14-9(3)5-13-15(11,12)6-9;1-3-6(2)8(9)13-7-4-12-14(10,11)5-7/h7-11H,4-6H2,1-3H3;6-11H,3-5H2,1-2H3;5-7H2,1-4H3;2*7H,4-6H2,1-3H3;6-7H,3-5H2,1-2H3. The third-order valence-corrected chi connectivity index (χ3v) is 28.6. The summed E-state index contributed by atoms with van der Waals surface area (Å²) in [6.07, 6.45) is 3.94. The van der Waals surface area contributed by atoms with Gasteiger partial charge in [-0.2, -0.15) is 50.5 Å². The first-order valence-corrected chi connectivity index (χ1v) is 42.2. The highest BCUT2D eigenvalue weighted by molar-refractivity contribution is 7.88. The molecule has 6 saturated heterocycles. The molecule has 30 nitrogen and oxygen atoms in total. The lowest BCUT2D eigenvalue weighted by molar-refractivity contribution is -0.168. The van der Waals surface area contributed by atoms with Crippen molar-refractivity contribution in [3.63, 3.8) is 0 Å². The Morgan fingerprint density at radius 3 is 1.12 bits per heavy atom. The van der Waals surface area contributed by atoms with Crippen LogP contribution in [0.2, 0.25) is 0 Å². The molecule has 17 unspecified atom stereocenters. The fourth-order valence-electron chi connectivity index (χ4n) is 11.5. The number of fused-ring (bicyclic) bond motifs is 2. The summed E-state index contributed by atoms with van der Waals surface area (Å²) in [6, 6.07) is 0. The largest absolute Gasteiger partial charge is 0.459 e. The summed E-state index contributed by atoms with van der Waals surface area (Å²) >= 11 is 0. The molecule has 6 heterocycles. The third kappa shape index (κ3) is 21.9. The van der Waals surface area contributed by atoms with Gasteiger partial charge in [-0.25, -0.2) is 0 Å². The van der Waals surface area contributed by atoms with Crippen LogP contribution < -0.4 is 0 Å². The van der Waals surface area contributed by atoms with E-state index in [0.717, 1.165) is 19.3 Å². The SMILES string of the molecule is CCC(C)(C)C(=O)OC1(C)COS(=O)(=O)C1.CCC(C)(C)C(=O)OC1C2CC3C1OS(=O)(=O)C3C2.CCC(C)(C)C(=O)OC1COS(=O)(=O)C1.CCC(C)C(=O)OC1(C)COS(=O)(=O)C1.CCC(C)C(=O)OC1C2CC3C1OS(=O)(=O)C3C2.CCC(C)C(=O)OC1COS(=O)(=O)C1. The molecule has 4 aliphatic carbocycles. The fourth-order valence-corrected chi connectivity index (χ4v) is 20.2. The van der Waals surface area contributed by atoms with Crippen LogP contribution in [-0.4, -0.2) is 194 Å². The number of hydrogen-bond donors (Lipinski definition) is 0. The third-order valence-electron chi connectivity index (χ3n) is 19.6. The van der Waals surface area contributed by atoms with E-state index in [9.17, 15) is 79.3 Å². The lowest BCUT2D eigenvalue weighted by Crippen LogP contribution is -2.40. The molecule has 0 aromatic carbocycles. The molecule has 17 atom stereocenters. The fraction of sp³-hybridized carbons (Fsp3) is 0.902. The van der Waals surface area contributed by atoms with E-state index in [1.165, 1.54) is 0 Å². The van der Waals surface area contributed by atoms with Crippen LogP contribution in [0.5, 0.6) is 0 Å². The second kappa shape index (κ2) is 31.9. The van der Waals surface area contributed by atoms with Crippen LogP contribution in [0.4, 0.5) is 0 Å². The predicted octanol–water partition coefficient (Wildman–Crippen LogP) is 5.33. The zero-order chi connectivity index (χ0) is 73.8. The Labute approximate surface area is 573 Å². The van der Waals surface area contributed by atoms with E-state index in [0.29, 0.717) is 44.9 Å². The number of carbonyl (C=O) groups is 6. The molecule has 0 N–H and O–H groups in total. The van der Waals surface area contributed by atoms with E-state index < -0.39 is 119 Å².